The van der Waals surface area contributed by atoms with E-state index in [4.69, 9.17) is 10.5 Å². The molecule has 2 fully saturated rings. The van der Waals surface area contributed by atoms with E-state index in [1.165, 1.54) is 18.4 Å². The van der Waals surface area contributed by atoms with Crippen LogP contribution in [0.2, 0.25) is 0 Å². The van der Waals surface area contributed by atoms with Gasteiger partial charge in [-0.25, -0.2) is 4.99 Å². The maximum absolute atomic E-state index is 5.93. The van der Waals surface area contributed by atoms with E-state index in [0.29, 0.717) is 12.0 Å². The molecular weight excluding hydrogens is 238 g/mol. The predicted octanol–water partition coefficient (Wildman–Crippen LogP) is 1.79. The van der Waals surface area contributed by atoms with Crippen molar-refractivity contribution in [1.82, 2.24) is 5.32 Å². The third-order valence-corrected chi connectivity index (χ3v) is 4.14. The quantitative estimate of drug-likeness (QED) is 0.640. The maximum atomic E-state index is 5.93. The Morgan fingerprint density at radius 3 is 2.84 bits per heavy atom. The molecule has 4 heteroatoms. The number of nitrogens with zero attached hydrogens (tertiary/aromatic N) is 1. The molecule has 1 aromatic carbocycles. The molecule has 0 saturated heterocycles. The van der Waals surface area contributed by atoms with Crippen molar-refractivity contribution in [3.05, 3.63) is 29.8 Å². The van der Waals surface area contributed by atoms with Gasteiger partial charge in [0.2, 0.25) is 0 Å². The van der Waals surface area contributed by atoms with Gasteiger partial charge in [-0.15, -0.1) is 0 Å². The first kappa shape index (κ1) is 12.3. The lowest BCUT2D eigenvalue weighted by molar-refractivity contribution is 0.405. The Morgan fingerprint density at radius 1 is 1.42 bits per heavy atom. The number of rotatable bonds is 4. The molecule has 0 spiro atoms. The minimum absolute atomic E-state index is 0.0580. The number of hydrogen-bond donors (Lipinski definition) is 2. The number of guanidine groups is 1. The van der Waals surface area contributed by atoms with E-state index < -0.39 is 0 Å². The fraction of sp³-hybridized carbons (Fsp3) is 0.533. The maximum Gasteiger partial charge on any atom is 0.189 e. The molecule has 2 saturated carbocycles. The zero-order valence-corrected chi connectivity index (χ0v) is 11.5. The smallest absolute Gasteiger partial charge is 0.189 e. The van der Waals surface area contributed by atoms with E-state index in [2.05, 4.69) is 23.3 Å². The summed E-state index contributed by atoms with van der Waals surface area (Å²) in [5.74, 6) is 1.53. The van der Waals surface area contributed by atoms with Crippen LogP contribution in [0.5, 0.6) is 5.75 Å². The Morgan fingerprint density at radius 2 is 2.16 bits per heavy atom. The highest BCUT2D eigenvalue weighted by atomic mass is 16.5. The summed E-state index contributed by atoms with van der Waals surface area (Å²) < 4.78 is 5.44. The first-order chi connectivity index (χ1) is 9.13. The van der Waals surface area contributed by atoms with Gasteiger partial charge >= 0.3 is 0 Å². The van der Waals surface area contributed by atoms with Crippen LogP contribution in [0.15, 0.2) is 29.3 Å². The van der Waals surface area contributed by atoms with Crippen molar-refractivity contribution in [3.63, 3.8) is 0 Å². The summed E-state index contributed by atoms with van der Waals surface area (Å²) in [5.41, 5.74) is 7.22. The van der Waals surface area contributed by atoms with Crippen molar-refractivity contribution in [2.45, 2.75) is 43.7 Å². The summed E-state index contributed by atoms with van der Waals surface area (Å²) in [7, 11) is 1.71. The third kappa shape index (κ3) is 2.39. The molecule has 2 aliphatic rings. The Bertz CT molecular complexity index is 510. The van der Waals surface area contributed by atoms with Crippen LogP contribution in [0.1, 0.15) is 31.7 Å². The first-order valence-electron chi connectivity index (χ1n) is 6.87. The molecule has 3 rings (SSSR count). The highest BCUT2D eigenvalue weighted by Crippen LogP contribution is 2.52. The lowest BCUT2D eigenvalue weighted by Gasteiger charge is -2.14. The van der Waals surface area contributed by atoms with Crippen molar-refractivity contribution in [2.75, 3.05) is 7.11 Å². The summed E-state index contributed by atoms with van der Waals surface area (Å²) in [4.78, 5) is 4.60. The Hall–Kier alpha value is -1.71. The summed E-state index contributed by atoms with van der Waals surface area (Å²) >= 11 is 0. The zero-order valence-electron chi connectivity index (χ0n) is 11.5. The van der Waals surface area contributed by atoms with Crippen LogP contribution in [0.4, 0.5) is 0 Å². The number of nitrogens with one attached hydrogen (secondary N) is 1. The largest absolute Gasteiger partial charge is 0.496 e. The SMILES string of the molecule is COc1ccccc1C1(C)CC1N=C(N)NC1CC1. The van der Waals surface area contributed by atoms with Gasteiger partial charge in [-0.2, -0.15) is 0 Å². The van der Waals surface area contributed by atoms with Gasteiger partial charge in [0.25, 0.3) is 0 Å². The summed E-state index contributed by atoms with van der Waals surface area (Å²) in [6.45, 7) is 2.23. The van der Waals surface area contributed by atoms with Crippen LogP contribution < -0.4 is 15.8 Å². The fourth-order valence-corrected chi connectivity index (χ4v) is 2.58. The van der Waals surface area contributed by atoms with Gasteiger partial charge in [0.15, 0.2) is 5.96 Å². The molecule has 0 amide bonds. The predicted molar refractivity (Wildman–Crippen MR) is 76.5 cm³/mol. The molecule has 0 bridgehead atoms. The third-order valence-electron chi connectivity index (χ3n) is 4.14. The molecular formula is C15H21N3O. The van der Waals surface area contributed by atoms with E-state index in [9.17, 15) is 0 Å². The normalized spacial score (nSPS) is 30.0. The molecule has 2 atom stereocenters. The summed E-state index contributed by atoms with van der Waals surface area (Å²) in [5, 5.41) is 3.24. The van der Waals surface area contributed by atoms with Crippen molar-refractivity contribution in [3.8, 4) is 5.75 Å². The van der Waals surface area contributed by atoms with Crippen molar-refractivity contribution < 1.29 is 4.74 Å². The average Bonchev–Trinajstić information content (AvgIpc) is 3.30. The molecule has 2 aliphatic carbocycles. The number of benzene rings is 1. The van der Waals surface area contributed by atoms with Crippen LogP contribution in [0, 0.1) is 0 Å². The van der Waals surface area contributed by atoms with Crippen LogP contribution in [-0.2, 0) is 5.41 Å². The fourth-order valence-electron chi connectivity index (χ4n) is 2.58. The van der Waals surface area contributed by atoms with Crippen LogP contribution in [-0.4, -0.2) is 25.2 Å². The standard InChI is InChI=1S/C15H21N3O/c1-15(11-5-3-4-6-12(11)19-2)9-13(15)18-14(16)17-10-7-8-10/h3-6,10,13H,7-9H2,1-2H3,(H3,16,17,18). The van der Waals surface area contributed by atoms with Crippen LogP contribution in [0.25, 0.3) is 0 Å². The van der Waals surface area contributed by atoms with Gasteiger partial charge in [-0.1, -0.05) is 25.1 Å². The van der Waals surface area contributed by atoms with Crippen LogP contribution in [0.3, 0.4) is 0 Å². The Labute approximate surface area is 114 Å². The van der Waals surface area contributed by atoms with Gasteiger partial charge in [0.1, 0.15) is 5.75 Å². The molecule has 2 unspecified atom stereocenters. The topological polar surface area (TPSA) is 59.6 Å². The number of para-hydroxylation sites is 1. The lowest BCUT2D eigenvalue weighted by Crippen LogP contribution is -2.34. The number of aliphatic imine (C=N–C) groups is 1. The highest BCUT2D eigenvalue weighted by Gasteiger charge is 2.53. The number of nitrogens with two attached hydrogens (primary N) is 1. The highest BCUT2D eigenvalue weighted by molar-refractivity contribution is 5.79. The zero-order chi connectivity index (χ0) is 13.5. The van der Waals surface area contributed by atoms with Crippen molar-refractivity contribution in [2.24, 2.45) is 10.7 Å². The van der Waals surface area contributed by atoms with Crippen LogP contribution >= 0.6 is 0 Å². The Balaban J connectivity index is 1.75. The molecule has 0 aliphatic heterocycles. The van der Waals surface area contributed by atoms with Gasteiger partial charge < -0.3 is 15.8 Å². The van der Waals surface area contributed by atoms with Crippen molar-refractivity contribution >= 4 is 5.96 Å². The van der Waals surface area contributed by atoms with Crippen molar-refractivity contribution in [1.29, 1.82) is 0 Å². The molecule has 3 N–H and O–H groups in total. The van der Waals surface area contributed by atoms with E-state index in [1.54, 1.807) is 7.11 Å². The van der Waals surface area contributed by atoms with Gasteiger partial charge in [0.05, 0.1) is 13.2 Å². The number of ether oxygens (including phenoxy) is 1. The molecule has 102 valence electrons. The second-order valence-corrected chi connectivity index (χ2v) is 5.77. The second kappa shape index (κ2) is 4.44. The van der Waals surface area contributed by atoms with E-state index in [-0.39, 0.29) is 11.5 Å². The summed E-state index contributed by atoms with van der Waals surface area (Å²) in [6, 6.07) is 8.99. The number of hydrogen-bond acceptors (Lipinski definition) is 2. The molecule has 0 heterocycles. The van der Waals surface area contributed by atoms with Gasteiger partial charge in [-0.05, 0) is 25.3 Å². The van der Waals surface area contributed by atoms with Gasteiger partial charge in [0, 0.05) is 17.0 Å². The molecule has 1 aromatic rings. The second-order valence-electron chi connectivity index (χ2n) is 5.77. The summed E-state index contributed by atoms with van der Waals surface area (Å²) in [6.07, 6.45) is 3.45. The molecule has 0 radical (unpaired) electrons. The lowest BCUT2D eigenvalue weighted by atomic mass is 9.96. The molecule has 0 aromatic heterocycles. The molecule has 4 nitrogen and oxygen atoms in total. The van der Waals surface area contributed by atoms with E-state index >= 15 is 0 Å². The first-order valence-corrected chi connectivity index (χ1v) is 6.87. The van der Waals surface area contributed by atoms with E-state index in [1.807, 2.05) is 18.2 Å². The van der Waals surface area contributed by atoms with E-state index in [0.717, 1.165) is 12.2 Å². The Kier molecular flexibility index (Phi) is 2.88. The number of methoxy groups -OCH3 is 1. The van der Waals surface area contributed by atoms with Gasteiger partial charge in [-0.3, -0.25) is 0 Å². The monoisotopic (exact) mass is 259 g/mol. The molecule has 19 heavy (non-hydrogen) atoms. The minimum atomic E-state index is 0.0580. The average molecular weight is 259 g/mol. The minimum Gasteiger partial charge on any atom is -0.496 e.